The zero-order valence-corrected chi connectivity index (χ0v) is 17.1. The summed E-state index contributed by atoms with van der Waals surface area (Å²) in [5, 5.41) is 0. The van der Waals surface area contributed by atoms with Gasteiger partial charge in [0.1, 0.15) is 0 Å². The van der Waals surface area contributed by atoms with Gasteiger partial charge in [-0.25, -0.2) is 8.42 Å². The Kier molecular flexibility index (Phi) is 5.33. The van der Waals surface area contributed by atoms with Crippen LogP contribution in [0.2, 0.25) is 0 Å². The molecule has 0 atom stereocenters. The molecule has 1 spiro atoms. The third kappa shape index (κ3) is 4.29. The fourth-order valence-electron chi connectivity index (χ4n) is 3.63. The van der Waals surface area contributed by atoms with Gasteiger partial charge in [-0.1, -0.05) is 17.7 Å². The number of piperidine rings is 1. The van der Waals surface area contributed by atoms with Crippen molar-refractivity contribution in [2.45, 2.75) is 30.4 Å². The summed E-state index contributed by atoms with van der Waals surface area (Å²) in [5.74, 6) is -0.649. The van der Waals surface area contributed by atoms with E-state index >= 15 is 0 Å². The average molecular weight is 416 g/mol. The molecule has 2 aromatic rings. The first kappa shape index (κ1) is 19.9. The second-order valence-electron chi connectivity index (χ2n) is 7.40. The minimum absolute atomic E-state index is 0.111. The van der Waals surface area contributed by atoms with E-state index in [4.69, 9.17) is 9.47 Å². The van der Waals surface area contributed by atoms with E-state index in [1.807, 2.05) is 19.1 Å². The number of hydrogen-bond acceptors (Lipinski definition) is 5. The Morgan fingerprint density at radius 3 is 2.14 bits per heavy atom. The summed E-state index contributed by atoms with van der Waals surface area (Å²) in [6, 6.07) is 13.1. The van der Waals surface area contributed by atoms with Crippen molar-refractivity contribution < 1.29 is 22.7 Å². The molecule has 2 heterocycles. The van der Waals surface area contributed by atoms with E-state index in [0.717, 1.165) is 5.56 Å². The molecule has 2 fully saturated rings. The Bertz CT molecular complexity index is 971. The van der Waals surface area contributed by atoms with Crippen molar-refractivity contribution in [2.75, 3.05) is 31.0 Å². The maximum atomic E-state index is 12.8. The zero-order valence-electron chi connectivity index (χ0n) is 16.3. The number of aryl methyl sites for hydroxylation is 1. The SMILES string of the molecule is Cc1ccc(NS(=O)(=O)c2ccc(C(=O)N3CCC4(CC3)OCCO4)cc2)cc1. The van der Waals surface area contributed by atoms with Crippen LogP contribution in [0.25, 0.3) is 0 Å². The summed E-state index contributed by atoms with van der Waals surface area (Å²) in [6.45, 7) is 4.23. The molecule has 2 aromatic carbocycles. The minimum Gasteiger partial charge on any atom is -0.347 e. The molecule has 1 amide bonds. The van der Waals surface area contributed by atoms with Crippen molar-refractivity contribution in [3.05, 3.63) is 59.7 Å². The normalized spacial score (nSPS) is 18.7. The van der Waals surface area contributed by atoms with E-state index in [0.29, 0.717) is 50.4 Å². The fraction of sp³-hybridized carbons (Fsp3) is 0.381. The van der Waals surface area contributed by atoms with E-state index in [-0.39, 0.29) is 10.8 Å². The Labute approximate surface area is 170 Å². The number of likely N-dealkylation sites (tertiary alicyclic amines) is 1. The van der Waals surface area contributed by atoms with Gasteiger partial charge < -0.3 is 14.4 Å². The molecule has 1 N–H and O–H groups in total. The first-order chi connectivity index (χ1) is 13.9. The van der Waals surface area contributed by atoms with E-state index in [1.54, 1.807) is 29.2 Å². The van der Waals surface area contributed by atoms with Crippen LogP contribution in [0.3, 0.4) is 0 Å². The number of nitrogens with one attached hydrogen (secondary N) is 1. The van der Waals surface area contributed by atoms with E-state index in [2.05, 4.69) is 4.72 Å². The lowest BCUT2D eigenvalue weighted by atomic mass is 10.0. The quantitative estimate of drug-likeness (QED) is 0.829. The number of rotatable bonds is 4. The molecule has 7 nitrogen and oxygen atoms in total. The number of anilines is 1. The number of benzene rings is 2. The van der Waals surface area contributed by atoms with Gasteiger partial charge in [-0.3, -0.25) is 9.52 Å². The maximum absolute atomic E-state index is 12.8. The molecule has 2 saturated heterocycles. The Morgan fingerprint density at radius 1 is 0.966 bits per heavy atom. The summed E-state index contributed by atoms with van der Waals surface area (Å²) in [4.78, 5) is 14.6. The number of ether oxygens (including phenoxy) is 2. The van der Waals surface area contributed by atoms with Gasteiger partial charge in [0.25, 0.3) is 15.9 Å². The molecule has 0 radical (unpaired) electrons. The van der Waals surface area contributed by atoms with E-state index in [1.165, 1.54) is 12.1 Å². The van der Waals surface area contributed by atoms with Crippen molar-refractivity contribution in [2.24, 2.45) is 0 Å². The molecular weight excluding hydrogens is 392 g/mol. The summed E-state index contributed by atoms with van der Waals surface area (Å²) in [7, 11) is -3.72. The largest absolute Gasteiger partial charge is 0.347 e. The predicted molar refractivity (Wildman–Crippen MR) is 108 cm³/mol. The van der Waals surface area contributed by atoms with Crippen molar-refractivity contribution in [1.82, 2.24) is 4.90 Å². The third-order valence-corrected chi connectivity index (χ3v) is 6.74. The van der Waals surface area contributed by atoms with Gasteiger partial charge >= 0.3 is 0 Å². The summed E-state index contributed by atoms with van der Waals surface area (Å²) in [6.07, 6.45) is 1.29. The van der Waals surface area contributed by atoms with Crippen LogP contribution in [0.5, 0.6) is 0 Å². The van der Waals surface area contributed by atoms with Crippen molar-refractivity contribution in [1.29, 1.82) is 0 Å². The first-order valence-corrected chi connectivity index (χ1v) is 11.1. The highest BCUT2D eigenvalue weighted by Crippen LogP contribution is 2.31. The van der Waals surface area contributed by atoms with E-state index < -0.39 is 15.8 Å². The number of nitrogens with zero attached hydrogens (tertiary/aromatic N) is 1. The lowest BCUT2D eigenvalue weighted by Gasteiger charge is -2.37. The fourth-order valence-corrected chi connectivity index (χ4v) is 4.69. The predicted octanol–water partition coefficient (Wildman–Crippen LogP) is 2.77. The summed E-state index contributed by atoms with van der Waals surface area (Å²) >= 11 is 0. The topological polar surface area (TPSA) is 84.9 Å². The van der Waals surface area contributed by atoms with Crippen molar-refractivity contribution in [3.63, 3.8) is 0 Å². The first-order valence-electron chi connectivity index (χ1n) is 9.64. The van der Waals surface area contributed by atoms with Crippen LogP contribution in [0, 0.1) is 6.92 Å². The maximum Gasteiger partial charge on any atom is 0.261 e. The van der Waals surface area contributed by atoms with Gasteiger partial charge in [0.05, 0.1) is 18.1 Å². The van der Waals surface area contributed by atoms with Crippen LogP contribution >= 0.6 is 0 Å². The van der Waals surface area contributed by atoms with Gasteiger partial charge in [0.15, 0.2) is 5.79 Å². The van der Waals surface area contributed by atoms with Gasteiger partial charge in [0, 0.05) is 37.2 Å². The number of carbonyl (C=O) groups excluding carboxylic acids is 1. The summed E-state index contributed by atoms with van der Waals surface area (Å²) in [5.41, 5.74) is 2.00. The third-order valence-electron chi connectivity index (χ3n) is 5.34. The lowest BCUT2D eigenvalue weighted by Crippen LogP contribution is -2.47. The highest BCUT2D eigenvalue weighted by Gasteiger charge is 2.40. The van der Waals surface area contributed by atoms with Crippen LogP contribution < -0.4 is 4.72 Å². The van der Waals surface area contributed by atoms with Crippen LogP contribution in [-0.4, -0.2) is 51.3 Å². The molecule has 4 rings (SSSR count). The monoisotopic (exact) mass is 416 g/mol. The van der Waals surface area contributed by atoms with Crippen LogP contribution in [0.15, 0.2) is 53.4 Å². The second-order valence-corrected chi connectivity index (χ2v) is 9.08. The minimum atomic E-state index is -3.72. The highest BCUT2D eigenvalue weighted by molar-refractivity contribution is 7.92. The van der Waals surface area contributed by atoms with Crippen LogP contribution in [-0.2, 0) is 19.5 Å². The number of carbonyl (C=O) groups is 1. The Balaban J connectivity index is 1.42. The van der Waals surface area contributed by atoms with Crippen molar-refractivity contribution in [3.8, 4) is 0 Å². The molecular formula is C21H24N2O5S. The lowest BCUT2D eigenvalue weighted by molar-refractivity contribution is -0.181. The number of sulfonamides is 1. The molecule has 0 aromatic heterocycles. The molecule has 0 aliphatic carbocycles. The Hall–Kier alpha value is -2.42. The Morgan fingerprint density at radius 2 is 1.55 bits per heavy atom. The molecule has 0 unspecified atom stereocenters. The second kappa shape index (κ2) is 7.78. The van der Waals surface area contributed by atoms with Gasteiger partial charge in [-0.2, -0.15) is 0 Å². The number of amides is 1. The van der Waals surface area contributed by atoms with Crippen LogP contribution in [0.4, 0.5) is 5.69 Å². The van der Waals surface area contributed by atoms with E-state index in [9.17, 15) is 13.2 Å². The molecule has 29 heavy (non-hydrogen) atoms. The van der Waals surface area contributed by atoms with Gasteiger partial charge in [0.2, 0.25) is 0 Å². The van der Waals surface area contributed by atoms with Crippen molar-refractivity contribution >= 4 is 21.6 Å². The van der Waals surface area contributed by atoms with Gasteiger partial charge in [-0.05, 0) is 43.3 Å². The molecule has 2 aliphatic heterocycles. The molecule has 0 bridgehead atoms. The molecule has 154 valence electrons. The molecule has 2 aliphatic rings. The van der Waals surface area contributed by atoms with Crippen LogP contribution in [0.1, 0.15) is 28.8 Å². The standard InChI is InChI=1S/C21H24N2O5S/c1-16-2-6-18(7-3-16)22-29(25,26)19-8-4-17(5-9-19)20(24)23-12-10-21(11-13-23)27-14-15-28-21/h2-9,22H,10-15H2,1H3. The molecule has 8 heteroatoms. The average Bonchev–Trinajstić information content (AvgIpc) is 3.18. The number of hydrogen-bond donors (Lipinski definition) is 1. The summed E-state index contributed by atoms with van der Waals surface area (Å²) < 4.78 is 39.1. The molecule has 0 saturated carbocycles. The zero-order chi connectivity index (χ0) is 20.5. The van der Waals surface area contributed by atoms with Gasteiger partial charge in [-0.15, -0.1) is 0 Å². The highest BCUT2D eigenvalue weighted by atomic mass is 32.2. The smallest absolute Gasteiger partial charge is 0.261 e.